The van der Waals surface area contributed by atoms with Gasteiger partial charge in [0.05, 0.1) is 141 Å². The molecule has 0 aliphatic carbocycles. The van der Waals surface area contributed by atoms with E-state index in [1.54, 1.807) is 0 Å². The number of nitrogens with zero attached hydrogens (tertiary/aromatic N) is 2. The van der Waals surface area contributed by atoms with Gasteiger partial charge < -0.3 is 53.1 Å². The van der Waals surface area contributed by atoms with Gasteiger partial charge in [0, 0.05) is 12.6 Å². The summed E-state index contributed by atoms with van der Waals surface area (Å²) in [5, 5.41) is 33.3. The smallest absolute Gasteiger partial charge is 0.299 e. The van der Waals surface area contributed by atoms with Gasteiger partial charge in [0.1, 0.15) is 5.69 Å². The average Bonchev–Trinajstić information content (AvgIpc) is 3.00. The first-order valence-electron chi connectivity index (χ1n) is 14.0. The van der Waals surface area contributed by atoms with Crippen LogP contribution in [0.4, 0.5) is 17.1 Å². The molecule has 0 saturated carbocycles. The van der Waals surface area contributed by atoms with Crippen LogP contribution in [-0.2, 0) is 42.6 Å². The maximum atomic E-state index is 11.1. The number of aliphatic hydroxyl groups is 1. The summed E-state index contributed by atoms with van der Waals surface area (Å²) in [4.78, 5) is 20.5. The predicted octanol–water partition coefficient (Wildman–Crippen LogP) is 1.06. The van der Waals surface area contributed by atoms with Crippen LogP contribution in [0.1, 0.15) is 0 Å². The zero-order valence-electron chi connectivity index (χ0n) is 24.5. The number of ether oxygens (including phenoxy) is 9. The van der Waals surface area contributed by atoms with Crippen molar-refractivity contribution < 1.29 is 57.6 Å². The summed E-state index contributed by atoms with van der Waals surface area (Å²) in [5.41, 5.74) is -0.528. The summed E-state index contributed by atoms with van der Waals surface area (Å²) in [5.74, 6) is 0. The molecule has 0 saturated heterocycles. The van der Waals surface area contributed by atoms with E-state index >= 15 is 0 Å². The molecule has 0 unspecified atom stereocenters. The summed E-state index contributed by atoms with van der Waals surface area (Å²) in [7, 11) is 0. The second-order valence-corrected chi connectivity index (χ2v) is 8.38. The van der Waals surface area contributed by atoms with Gasteiger partial charge >= 0.3 is 0 Å². The molecule has 1 aromatic rings. The Kier molecular flexibility index (Phi) is 25.2. The highest BCUT2D eigenvalue weighted by Crippen LogP contribution is 2.28. The van der Waals surface area contributed by atoms with Gasteiger partial charge in [-0.15, -0.1) is 0 Å². The molecule has 0 heterocycles. The van der Waals surface area contributed by atoms with Gasteiger partial charge in [-0.05, 0) is 6.07 Å². The van der Waals surface area contributed by atoms with E-state index in [2.05, 4.69) is 5.32 Å². The quantitative estimate of drug-likeness (QED) is 0.0655. The van der Waals surface area contributed by atoms with Gasteiger partial charge in [-0.25, -0.2) is 0 Å². The van der Waals surface area contributed by atoms with Gasteiger partial charge in [0.25, 0.3) is 11.4 Å². The number of hydrogen-bond acceptors (Lipinski definition) is 15. The van der Waals surface area contributed by atoms with E-state index in [1.165, 1.54) is 12.1 Å². The van der Waals surface area contributed by atoms with Crippen molar-refractivity contribution in [3.8, 4) is 0 Å². The van der Waals surface area contributed by atoms with Crippen LogP contribution in [0.25, 0.3) is 0 Å². The molecule has 43 heavy (non-hydrogen) atoms. The number of benzene rings is 1. The Hall–Kier alpha value is -2.58. The second kappa shape index (κ2) is 28.2. The lowest BCUT2D eigenvalue weighted by Crippen LogP contribution is -2.16. The number of nitro benzene ring substituents is 2. The average molecular weight is 624 g/mol. The number of hydrogen-bond donors (Lipinski definition) is 2. The van der Waals surface area contributed by atoms with Crippen molar-refractivity contribution >= 4 is 17.1 Å². The number of nitrogens with one attached hydrogen (secondary N) is 1. The Balaban J connectivity index is 1.77. The molecule has 0 fully saturated rings. The first-order valence-corrected chi connectivity index (χ1v) is 14.0. The summed E-state index contributed by atoms with van der Waals surface area (Å²) in [6.07, 6.45) is 0. The molecule has 1 rings (SSSR count). The molecule has 248 valence electrons. The van der Waals surface area contributed by atoms with E-state index in [9.17, 15) is 20.2 Å². The van der Waals surface area contributed by atoms with Crippen LogP contribution in [0.15, 0.2) is 18.2 Å². The summed E-state index contributed by atoms with van der Waals surface area (Å²) in [6.45, 7) is 8.01. The minimum Gasteiger partial charge on any atom is -0.394 e. The summed E-state index contributed by atoms with van der Waals surface area (Å²) >= 11 is 0. The summed E-state index contributed by atoms with van der Waals surface area (Å²) in [6, 6.07) is 3.42. The van der Waals surface area contributed by atoms with Crippen LogP contribution in [-0.4, -0.2) is 147 Å². The third kappa shape index (κ3) is 22.6. The summed E-state index contributed by atoms with van der Waals surface area (Å²) < 4.78 is 48.3. The monoisotopic (exact) mass is 623 g/mol. The van der Waals surface area contributed by atoms with Crippen molar-refractivity contribution in [2.45, 2.75) is 0 Å². The van der Waals surface area contributed by atoms with E-state index in [-0.39, 0.29) is 30.3 Å². The molecule has 0 bridgehead atoms. The largest absolute Gasteiger partial charge is 0.394 e. The Morgan fingerprint density at radius 1 is 0.535 bits per heavy atom. The highest BCUT2D eigenvalue weighted by atomic mass is 16.6. The maximum absolute atomic E-state index is 11.1. The fraction of sp³-hybridized carbons (Fsp3) is 0.769. The van der Waals surface area contributed by atoms with Crippen molar-refractivity contribution in [2.75, 3.05) is 137 Å². The number of non-ortho nitro benzene ring substituents is 1. The van der Waals surface area contributed by atoms with E-state index in [0.29, 0.717) is 119 Å². The molecule has 1 aromatic carbocycles. The molecule has 2 N–H and O–H groups in total. The molecule has 0 amide bonds. The van der Waals surface area contributed by atoms with E-state index < -0.39 is 9.85 Å². The fourth-order valence-electron chi connectivity index (χ4n) is 3.12. The molecule has 0 atom stereocenters. The SMILES string of the molecule is O=[N+]([O-])c1ccc(NCCOCCOCCOCCOCCOCCOCCOCCOCCOCCO)c([N+](=O)[O-])c1. The van der Waals surface area contributed by atoms with Gasteiger partial charge in [0.2, 0.25) is 0 Å². The van der Waals surface area contributed by atoms with Crippen LogP contribution in [0.5, 0.6) is 0 Å². The molecular weight excluding hydrogens is 578 g/mol. The topological polar surface area (TPSA) is 202 Å². The number of aliphatic hydroxyl groups excluding tert-OH is 1. The van der Waals surface area contributed by atoms with Crippen molar-refractivity contribution in [3.05, 3.63) is 38.4 Å². The molecule has 0 radical (unpaired) electrons. The Morgan fingerprint density at radius 2 is 0.884 bits per heavy atom. The number of rotatable bonds is 32. The molecule has 0 spiro atoms. The lowest BCUT2D eigenvalue weighted by atomic mass is 10.2. The third-order valence-electron chi connectivity index (χ3n) is 5.16. The van der Waals surface area contributed by atoms with E-state index in [0.717, 1.165) is 6.07 Å². The molecule has 17 nitrogen and oxygen atoms in total. The first-order chi connectivity index (χ1) is 21.1. The lowest BCUT2D eigenvalue weighted by Gasteiger charge is -2.09. The fourth-order valence-corrected chi connectivity index (χ4v) is 3.12. The highest BCUT2D eigenvalue weighted by molar-refractivity contribution is 5.65. The Labute approximate surface area is 250 Å². The lowest BCUT2D eigenvalue weighted by molar-refractivity contribution is -0.393. The zero-order chi connectivity index (χ0) is 31.2. The molecule has 0 aliphatic heterocycles. The number of nitro groups is 2. The Bertz CT molecular complexity index is 836. The highest BCUT2D eigenvalue weighted by Gasteiger charge is 2.19. The van der Waals surface area contributed by atoms with Gasteiger partial charge in [-0.2, -0.15) is 0 Å². The van der Waals surface area contributed by atoms with Crippen LogP contribution in [0, 0.1) is 20.2 Å². The molecule has 0 aliphatic rings. The molecule has 0 aromatic heterocycles. The predicted molar refractivity (Wildman–Crippen MR) is 153 cm³/mol. The van der Waals surface area contributed by atoms with Crippen molar-refractivity contribution in [2.24, 2.45) is 0 Å². The number of anilines is 1. The second-order valence-electron chi connectivity index (χ2n) is 8.38. The van der Waals surface area contributed by atoms with Crippen molar-refractivity contribution in [3.63, 3.8) is 0 Å². The molecular formula is C26H45N3O14. The third-order valence-corrected chi connectivity index (χ3v) is 5.16. The minimum absolute atomic E-state index is 0.0110. The van der Waals surface area contributed by atoms with Crippen LogP contribution in [0.3, 0.4) is 0 Å². The van der Waals surface area contributed by atoms with Crippen molar-refractivity contribution in [1.82, 2.24) is 0 Å². The van der Waals surface area contributed by atoms with Gasteiger partial charge in [-0.1, -0.05) is 0 Å². The van der Waals surface area contributed by atoms with Crippen LogP contribution < -0.4 is 5.32 Å². The normalized spacial score (nSPS) is 11.2. The Morgan fingerprint density at radius 3 is 1.21 bits per heavy atom. The minimum atomic E-state index is -0.683. The van der Waals surface area contributed by atoms with Crippen LogP contribution in [0.2, 0.25) is 0 Å². The molecule has 17 heteroatoms. The van der Waals surface area contributed by atoms with Gasteiger partial charge in [-0.3, -0.25) is 20.2 Å². The van der Waals surface area contributed by atoms with Crippen molar-refractivity contribution in [1.29, 1.82) is 0 Å². The standard InChI is InChI=1S/C26H45N3O14/c30-4-6-36-8-10-38-12-14-40-16-18-42-20-22-43-21-19-41-17-15-39-13-11-37-9-7-35-5-3-27-25-2-1-24(28(31)32)23-26(25)29(33)34/h1-2,23,27,30H,3-22H2. The zero-order valence-corrected chi connectivity index (χ0v) is 24.5. The van der Waals surface area contributed by atoms with E-state index in [1.807, 2.05) is 0 Å². The van der Waals surface area contributed by atoms with Gasteiger partial charge in [0.15, 0.2) is 0 Å². The first kappa shape index (κ1) is 38.4. The van der Waals surface area contributed by atoms with E-state index in [4.69, 9.17) is 47.7 Å². The maximum Gasteiger partial charge on any atom is 0.299 e. The van der Waals surface area contributed by atoms with Crippen LogP contribution >= 0.6 is 0 Å².